The lowest BCUT2D eigenvalue weighted by Gasteiger charge is -2.07. The van der Waals surface area contributed by atoms with Crippen molar-refractivity contribution >= 4 is 17.5 Å². The Morgan fingerprint density at radius 1 is 1.00 bits per heavy atom. The summed E-state index contributed by atoms with van der Waals surface area (Å²) < 4.78 is 0. The van der Waals surface area contributed by atoms with Crippen molar-refractivity contribution in [3.8, 4) is 5.75 Å². The Labute approximate surface area is 144 Å². The Balaban J connectivity index is 1.70. The molecule has 7 nitrogen and oxygen atoms in total. The molecule has 0 aliphatic carbocycles. The van der Waals surface area contributed by atoms with Crippen LogP contribution in [0.3, 0.4) is 0 Å². The van der Waals surface area contributed by atoms with E-state index in [2.05, 4.69) is 20.8 Å². The molecule has 25 heavy (non-hydrogen) atoms. The quantitative estimate of drug-likeness (QED) is 0.454. The maximum absolute atomic E-state index is 11.8. The number of aromatic hydroxyl groups is 1. The fourth-order valence-electron chi connectivity index (χ4n) is 2.42. The van der Waals surface area contributed by atoms with E-state index >= 15 is 0 Å². The molecule has 7 heteroatoms. The monoisotopic (exact) mass is 337 g/mol. The second-order valence-corrected chi connectivity index (χ2v) is 5.55. The second kappa shape index (κ2) is 7.39. The van der Waals surface area contributed by atoms with Crippen LogP contribution in [0.1, 0.15) is 21.5 Å². The van der Waals surface area contributed by atoms with E-state index in [1.54, 1.807) is 24.3 Å². The second-order valence-electron chi connectivity index (χ2n) is 5.55. The third kappa shape index (κ3) is 4.08. The van der Waals surface area contributed by atoms with E-state index < -0.39 is 5.91 Å². The number of nitrogens with two attached hydrogens (primary N) is 1. The molecular formula is C18H19N5O2. The number of aromatic nitrogens is 2. The van der Waals surface area contributed by atoms with Gasteiger partial charge in [-0.05, 0) is 23.3 Å². The molecule has 0 atom stereocenters. The first kappa shape index (κ1) is 16.4. The third-order valence-corrected chi connectivity index (χ3v) is 3.72. The Hall–Kier alpha value is -3.48. The number of nitrogens with zero attached hydrogens (tertiary/aromatic N) is 1. The van der Waals surface area contributed by atoms with Crippen molar-refractivity contribution in [2.75, 3.05) is 10.6 Å². The van der Waals surface area contributed by atoms with Gasteiger partial charge in [0.15, 0.2) is 5.82 Å². The van der Waals surface area contributed by atoms with Crippen molar-refractivity contribution in [3.05, 3.63) is 71.3 Å². The number of hydrogen-bond acceptors (Lipinski definition) is 5. The number of aromatic amines is 1. The number of phenols is 1. The molecule has 0 unspecified atom stereocenters. The molecule has 0 radical (unpaired) electrons. The van der Waals surface area contributed by atoms with Gasteiger partial charge in [0.25, 0.3) is 5.91 Å². The van der Waals surface area contributed by atoms with Crippen molar-refractivity contribution < 1.29 is 9.90 Å². The van der Waals surface area contributed by atoms with Crippen molar-refractivity contribution in [3.63, 3.8) is 0 Å². The van der Waals surface area contributed by atoms with Gasteiger partial charge in [-0.1, -0.05) is 42.5 Å². The molecule has 0 saturated carbocycles. The van der Waals surface area contributed by atoms with E-state index in [-0.39, 0.29) is 11.3 Å². The number of carbonyl (C=O) groups excluding carboxylic acids is 1. The molecule has 0 bridgehead atoms. The van der Waals surface area contributed by atoms with Crippen molar-refractivity contribution in [2.45, 2.75) is 13.1 Å². The number of H-pyrrole nitrogens is 1. The summed E-state index contributed by atoms with van der Waals surface area (Å²) in [5, 5.41) is 22.5. The number of anilines is 2. The van der Waals surface area contributed by atoms with Gasteiger partial charge in [0.2, 0.25) is 0 Å². The van der Waals surface area contributed by atoms with Crippen LogP contribution in [0.2, 0.25) is 0 Å². The van der Waals surface area contributed by atoms with Gasteiger partial charge in [0.1, 0.15) is 17.1 Å². The van der Waals surface area contributed by atoms with E-state index in [9.17, 15) is 9.90 Å². The average Bonchev–Trinajstić information content (AvgIpc) is 3.03. The number of nitrogens with one attached hydrogen (secondary N) is 3. The van der Waals surface area contributed by atoms with Gasteiger partial charge in [-0.3, -0.25) is 9.89 Å². The molecule has 0 aliphatic heterocycles. The van der Waals surface area contributed by atoms with E-state index in [4.69, 9.17) is 5.73 Å². The Morgan fingerprint density at radius 2 is 1.64 bits per heavy atom. The summed E-state index contributed by atoms with van der Waals surface area (Å²) in [7, 11) is 0. The number of carbonyl (C=O) groups is 1. The Kier molecular flexibility index (Phi) is 4.84. The normalized spacial score (nSPS) is 10.4. The standard InChI is InChI=1S/C18H19N5O2/c19-16(25)15-17(20-10-12-4-2-1-3-5-12)22-23-18(15)21-11-13-6-8-14(24)9-7-13/h1-9,24H,10-11H2,(H2,19,25)(H3,20,21,22,23). The largest absolute Gasteiger partial charge is 0.508 e. The number of amides is 1. The van der Waals surface area contributed by atoms with Gasteiger partial charge in [-0.15, -0.1) is 0 Å². The highest BCUT2D eigenvalue weighted by Crippen LogP contribution is 2.22. The lowest BCUT2D eigenvalue weighted by molar-refractivity contribution is 0.100. The molecule has 0 saturated heterocycles. The van der Waals surface area contributed by atoms with Crippen LogP contribution in [0.5, 0.6) is 5.75 Å². The van der Waals surface area contributed by atoms with Crippen LogP contribution in [0.15, 0.2) is 54.6 Å². The lowest BCUT2D eigenvalue weighted by Crippen LogP contribution is -2.15. The molecule has 3 rings (SSSR count). The van der Waals surface area contributed by atoms with Gasteiger partial charge >= 0.3 is 0 Å². The first-order chi connectivity index (χ1) is 12.1. The number of benzene rings is 2. The highest BCUT2D eigenvalue weighted by atomic mass is 16.3. The van der Waals surface area contributed by atoms with Crippen LogP contribution in [0.4, 0.5) is 11.6 Å². The van der Waals surface area contributed by atoms with Crippen LogP contribution in [0.25, 0.3) is 0 Å². The minimum absolute atomic E-state index is 0.204. The summed E-state index contributed by atoms with van der Waals surface area (Å²) >= 11 is 0. The van der Waals surface area contributed by atoms with Crippen molar-refractivity contribution in [2.24, 2.45) is 5.73 Å². The third-order valence-electron chi connectivity index (χ3n) is 3.72. The minimum Gasteiger partial charge on any atom is -0.508 e. The number of rotatable bonds is 7. The summed E-state index contributed by atoms with van der Waals surface area (Å²) in [5.74, 6) is 0.494. The molecule has 3 aromatic rings. The number of hydrogen-bond donors (Lipinski definition) is 5. The molecule has 1 heterocycles. The topological polar surface area (TPSA) is 116 Å². The van der Waals surface area contributed by atoms with Crippen LogP contribution < -0.4 is 16.4 Å². The predicted molar refractivity (Wildman–Crippen MR) is 96.3 cm³/mol. The first-order valence-electron chi connectivity index (χ1n) is 7.81. The van der Waals surface area contributed by atoms with Crippen LogP contribution >= 0.6 is 0 Å². The van der Waals surface area contributed by atoms with E-state index in [0.717, 1.165) is 11.1 Å². The SMILES string of the molecule is NC(=O)c1c(NCc2ccccc2)n[nH]c1NCc1ccc(O)cc1. The molecular weight excluding hydrogens is 318 g/mol. The molecule has 0 aliphatic rings. The molecule has 6 N–H and O–H groups in total. The highest BCUT2D eigenvalue weighted by molar-refractivity contribution is 6.02. The van der Waals surface area contributed by atoms with Crippen molar-refractivity contribution in [1.82, 2.24) is 10.2 Å². The minimum atomic E-state index is -0.572. The average molecular weight is 337 g/mol. The van der Waals surface area contributed by atoms with E-state index in [1.807, 2.05) is 30.3 Å². The maximum Gasteiger partial charge on any atom is 0.256 e. The zero-order chi connectivity index (χ0) is 17.6. The smallest absolute Gasteiger partial charge is 0.256 e. The first-order valence-corrected chi connectivity index (χ1v) is 7.81. The summed E-state index contributed by atoms with van der Waals surface area (Å²) in [5.41, 5.74) is 7.81. The molecule has 2 aromatic carbocycles. The molecule has 1 amide bonds. The Morgan fingerprint density at radius 3 is 2.32 bits per heavy atom. The van der Waals surface area contributed by atoms with Gasteiger partial charge in [0, 0.05) is 13.1 Å². The number of primary amides is 1. The Bertz CT molecular complexity index is 844. The summed E-state index contributed by atoms with van der Waals surface area (Å²) in [6.45, 7) is 0.990. The number of phenolic OH excluding ortho intramolecular Hbond substituents is 1. The van der Waals surface area contributed by atoms with Gasteiger partial charge in [0.05, 0.1) is 0 Å². The fraction of sp³-hybridized carbons (Fsp3) is 0.111. The van der Waals surface area contributed by atoms with E-state index in [1.165, 1.54) is 0 Å². The summed E-state index contributed by atoms with van der Waals surface area (Å²) in [4.78, 5) is 11.8. The van der Waals surface area contributed by atoms with Crippen LogP contribution in [-0.4, -0.2) is 21.2 Å². The lowest BCUT2D eigenvalue weighted by atomic mass is 10.2. The van der Waals surface area contributed by atoms with Gasteiger partial charge in [-0.2, -0.15) is 5.10 Å². The fourth-order valence-corrected chi connectivity index (χ4v) is 2.42. The maximum atomic E-state index is 11.8. The molecule has 0 fully saturated rings. The molecule has 0 spiro atoms. The van der Waals surface area contributed by atoms with Crippen LogP contribution in [-0.2, 0) is 13.1 Å². The van der Waals surface area contributed by atoms with E-state index in [0.29, 0.717) is 24.7 Å². The zero-order valence-corrected chi connectivity index (χ0v) is 13.5. The predicted octanol–water partition coefficient (Wildman–Crippen LogP) is 2.44. The van der Waals surface area contributed by atoms with Gasteiger partial charge in [-0.25, -0.2) is 0 Å². The van der Waals surface area contributed by atoms with Crippen LogP contribution in [0, 0.1) is 0 Å². The summed E-state index contributed by atoms with van der Waals surface area (Å²) in [6.07, 6.45) is 0. The molecule has 1 aromatic heterocycles. The molecule has 128 valence electrons. The zero-order valence-electron chi connectivity index (χ0n) is 13.5. The van der Waals surface area contributed by atoms with Crippen molar-refractivity contribution in [1.29, 1.82) is 0 Å². The van der Waals surface area contributed by atoms with Gasteiger partial charge < -0.3 is 21.5 Å². The summed E-state index contributed by atoms with van der Waals surface area (Å²) in [6, 6.07) is 16.6. The highest BCUT2D eigenvalue weighted by Gasteiger charge is 2.18.